The van der Waals surface area contributed by atoms with Crippen molar-refractivity contribution in [2.75, 3.05) is 16.8 Å². The summed E-state index contributed by atoms with van der Waals surface area (Å²) in [6, 6.07) is 17.3. The minimum atomic E-state index is -0.424. The van der Waals surface area contributed by atoms with Gasteiger partial charge in [-0.1, -0.05) is 49.7 Å². The van der Waals surface area contributed by atoms with Crippen molar-refractivity contribution in [1.29, 1.82) is 0 Å². The number of unbranched alkanes of at least 4 members (excludes halogenated alkanes) is 1. The molecule has 3 rings (SSSR count). The number of carbonyl (C=O) groups excluding carboxylic acids is 2. The van der Waals surface area contributed by atoms with Gasteiger partial charge in [-0.2, -0.15) is 0 Å². The van der Waals surface area contributed by atoms with E-state index >= 15 is 0 Å². The first-order valence-corrected chi connectivity index (χ1v) is 8.46. The molecular weight excluding hydrogens is 300 g/mol. The molecule has 0 aliphatic carbocycles. The highest BCUT2D eigenvalue weighted by Gasteiger charge is 2.33. The molecule has 0 spiro atoms. The molecule has 4 heteroatoms. The van der Waals surface area contributed by atoms with Crippen molar-refractivity contribution in [3.63, 3.8) is 0 Å². The van der Waals surface area contributed by atoms with E-state index in [9.17, 15) is 9.59 Å². The lowest BCUT2D eigenvalue weighted by Gasteiger charge is -2.31. The number of nitrogens with zero attached hydrogens (tertiary/aromatic N) is 1. The third-order valence-electron chi connectivity index (χ3n) is 4.37. The zero-order valence-corrected chi connectivity index (χ0v) is 13.9. The molecule has 1 heterocycles. The van der Waals surface area contributed by atoms with Crippen molar-refractivity contribution in [3.8, 4) is 0 Å². The molecule has 1 aliphatic rings. The standard InChI is InChI=1S/C20H22N2O2/c1-2-3-13-22(15-9-5-4-6-10-15)20(24)17-14-19(23)21-18-12-8-7-11-16(17)18/h4-12,17H,2-3,13-14H2,1H3,(H,21,23). The highest BCUT2D eigenvalue weighted by atomic mass is 16.2. The van der Waals surface area contributed by atoms with Crippen LogP contribution in [0.15, 0.2) is 54.6 Å². The van der Waals surface area contributed by atoms with E-state index in [0.29, 0.717) is 6.54 Å². The van der Waals surface area contributed by atoms with Gasteiger partial charge in [-0.3, -0.25) is 9.59 Å². The van der Waals surface area contributed by atoms with Crippen LogP contribution in [-0.2, 0) is 9.59 Å². The Kier molecular flexibility index (Phi) is 4.94. The van der Waals surface area contributed by atoms with E-state index in [1.54, 1.807) is 0 Å². The normalized spacial score (nSPS) is 16.2. The van der Waals surface area contributed by atoms with Crippen LogP contribution in [0.3, 0.4) is 0 Å². The fourth-order valence-electron chi connectivity index (χ4n) is 3.11. The van der Waals surface area contributed by atoms with Crippen molar-refractivity contribution in [3.05, 3.63) is 60.2 Å². The second kappa shape index (κ2) is 7.30. The summed E-state index contributed by atoms with van der Waals surface area (Å²) in [6.45, 7) is 2.77. The largest absolute Gasteiger partial charge is 0.326 e. The van der Waals surface area contributed by atoms with E-state index < -0.39 is 5.92 Å². The van der Waals surface area contributed by atoms with Crippen LogP contribution in [0.1, 0.15) is 37.7 Å². The summed E-state index contributed by atoms with van der Waals surface area (Å²) in [5.41, 5.74) is 2.54. The number of hydrogen-bond acceptors (Lipinski definition) is 2. The van der Waals surface area contributed by atoms with Gasteiger partial charge in [0, 0.05) is 24.3 Å². The van der Waals surface area contributed by atoms with Crippen molar-refractivity contribution in [2.45, 2.75) is 32.1 Å². The molecule has 2 aromatic rings. The fraction of sp³-hybridized carbons (Fsp3) is 0.300. The average molecular weight is 322 g/mol. The quantitative estimate of drug-likeness (QED) is 0.906. The van der Waals surface area contributed by atoms with Gasteiger partial charge >= 0.3 is 0 Å². The Morgan fingerprint density at radius 2 is 1.83 bits per heavy atom. The highest BCUT2D eigenvalue weighted by Crippen LogP contribution is 2.34. The van der Waals surface area contributed by atoms with Crippen LogP contribution in [0, 0.1) is 0 Å². The van der Waals surface area contributed by atoms with Crippen LogP contribution < -0.4 is 10.2 Å². The fourth-order valence-corrected chi connectivity index (χ4v) is 3.11. The number of rotatable bonds is 5. The summed E-state index contributed by atoms with van der Waals surface area (Å²) in [4.78, 5) is 27.1. The first-order valence-electron chi connectivity index (χ1n) is 8.46. The minimum Gasteiger partial charge on any atom is -0.326 e. The lowest BCUT2D eigenvalue weighted by atomic mass is 9.89. The number of carbonyl (C=O) groups is 2. The summed E-state index contributed by atoms with van der Waals surface area (Å²) in [5.74, 6) is -0.528. The molecule has 124 valence electrons. The Labute approximate surface area is 142 Å². The molecule has 0 saturated carbocycles. The predicted octanol–water partition coefficient (Wildman–Crippen LogP) is 3.95. The van der Waals surface area contributed by atoms with E-state index in [-0.39, 0.29) is 18.2 Å². The van der Waals surface area contributed by atoms with Gasteiger partial charge in [-0.15, -0.1) is 0 Å². The summed E-state index contributed by atoms with van der Waals surface area (Å²) < 4.78 is 0. The maximum absolute atomic E-state index is 13.3. The first-order chi connectivity index (χ1) is 11.7. The summed E-state index contributed by atoms with van der Waals surface area (Å²) >= 11 is 0. The van der Waals surface area contributed by atoms with E-state index in [1.807, 2.05) is 59.5 Å². The zero-order chi connectivity index (χ0) is 16.9. The van der Waals surface area contributed by atoms with E-state index in [4.69, 9.17) is 0 Å². The summed E-state index contributed by atoms with van der Waals surface area (Å²) in [7, 11) is 0. The summed E-state index contributed by atoms with van der Waals surface area (Å²) in [6.07, 6.45) is 2.14. The van der Waals surface area contributed by atoms with E-state index in [0.717, 1.165) is 29.8 Å². The van der Waals surface area contributed by atoms with Crippen LogP contribution in [0.2, 0.25) is 0 Å². The van der Waals surface area contributed by atoms with Gasteiger partial charge in [0.25, 0.3) is 0 Å². The second-order valence-electron chi connectivity index (χ2n) is 6.07. The third-order valence-corrected chi connectivity index (χ3v) is 4.37. The van der Waals surface area contributed by atoms with Gasteiger partial charge in [-0.05, 0) is 30.2 Å². The molecule has 0 bridgehead atoms. The van der Waals surface area contributed by atoms with E-state index in [2.05, 4.69) is 12.2 Å². The molecule has 0 aromatic heterocycles. The van der Waals surface area contributed by atoms with Gasteiger partial charge in [0.1, 0.15) is 0 Å². The summed E-state index contributed by atoms with van der Waals surface area (Å²) in [5, 5.41) is 2.86. The second-order valence-corrected chi connectivity index (χ2v) is 6.07. The van der Waals surface area contributed by atoms with E-state index in [1.165, 1.54) is 0 Å². The van der Waals surface area contributed by atoms with Gasteiger partial charge in [-0.25, -0.2) is 0 Å². The monoisotopic (exact) mass is 322 g/mol. The molecule has 0 fully saturated rings. The van der Waals surface area contributed by atoms with Crippen LogP contribution in [0.4, 0.5) is 11.4 Å². The van der Waals surface area contributed by atoms with Crippen molar-refractivity contribution < 1.29 is 9.59 Å². The third kappa shape index (κ3) is 3.32. The molecule has 24 heavy (non-hydrogen) atoms. The molecule has 1 atom stereocenters. The Bertz CT molecular complexity index is 727. The number of amides is 2. The van der Waals surface area contributed by atoms with Crippen molar-refractivity contribution in [1.82, 2.24) is 0 Å². The van der Waals surface area contributed by atoms with Crippen LogP contribution in [0.5, 0.6) is 0 Å². The number of benzene rings is 2. The molecule has 0 saturated heterocycles. The van der Waals surface area contributed by atoms with Crippen LogP contribution >= 0.6 is 0 Å². The lowest BCUT2D eigenvalue weighted by Crippen LogP contribution is -2.39. The van der Waals surface area contributed by atoms with Gasteiger partial charge in [0.05, 0.1) is 5.92 Å². The number of fused-ring (bicyclic) bond motifs is 1. The van der Waals surface area contributed by atoms with Gasteiger partial charge < -0.3 is 10.2 Å². The Hall–Kier alpha value is -2.62. The number of hydrogen-bond donors (Lipinski definition) is 1. The first kappa shape index (κ1) is 16.2. The maximum atomic E-state index is 13.3. The highest BCUT2D eigenvalue weighted by molar-refractivity contribution is 6.06. The molecule has 2 aromatic carbocycles. The van der Waals surface area contributed by atoms with Crippen LogP contribution in [-0.4, -0.2) is 18.4 Å². The molecule has 2 amide bonds. The van der Waals surface area contributed by atoms with Gasteiger partial charge in [0.2, 0.25) is 11.8 Å². The van der Waals surface area contributed by atoms with Crippen molar-refractivity contribution >= 4 is 23.2 Å². The molecule has 1 unspecified atom stereocenters. The number of para-hydroxylation sites is 2. The van der Waals surface area contributed by atoms with Crippen molar-refractivity contribution in [2.24, 2.45) is 0 Å². The molecule has 1 aliphatic heterocycles. The van der Waals surface area contributed by atoms with Crippen LogP contribution in [0.25, 0.3) is 0 Å². The predicted molar refractivity (Wildman–Crippen MR) is 96.1 cm³/mol. The zero-order valence-electron chi connectivity index (χ0n) is 13.9. The minimum absolute atomic E-state index is 0.00282. The Balaban J connectivity index is 1.94. The Morgan fingerprint density at radius 3 is 2.58 bits per heavy atom. The SMILES string of the molecule is CCCCN(C(=O)C1CC(=O)Nc2ccccc21)c1ccccc1. The maximum Gasteiger partial charge on any atom is 0.235 e. The van der Waals surface area contributed by atoms with Gasteiger partial charge in [0.15, 0.2) is 0 Å². The molecule has 0 radical (unpaired) electrons. The molecule has 4 nitrogen and oxygen atoms in total. The molecular formula is C20H22N2O2. The smallest absolute Gasteiger partial charge is 0.235 e. The average Bonchev–Trinajstić information content (AvgIpc) is 2.62. The molecule has 1 N–H and O–H groups in total. The lowest BCUT2D eigenvalue weighted by molar-refractivity contribution is -0.124. The number of anilines is 2. The number of nitrogens with one attached hydrogen (secondary N) is 1. The topological polar surface area (TPSA) is 49.4 Å². The Morgan fingerprint density at radius 1 is 1.12 bits per heavy atom.